The minimum Gasteiger partial charge on any atom is -0.483 e. The number of ether oxygens (including phenoxy) is 1. The van der Waals surface area contributed by atoms with Crippen molar-refractivity contribution in [3.8, 4) is 5.75 Å². The summed E-state index contributed by atoms with van der Waals surface area (Å²) in [5.74, 6) is -2.30. The Balaban J connectivity index is 1.92. The molecule has 0 aliphatic carbocycles. The highest BCUT2D eigenvalue weighted by molar-refractivity contribution is 5.80. The van der Waals surface area contributed by atoms with E-state index in [1.54, 1.807) is 0 Å². The second-order valence-electron chi connectivity index (χ2n) is 5.80. The van der Waals surface area contributed by atoms with Crippen LogP contribution >= 0.6 is 0 Å². The number of amides is 1. The van der Waals surface area contributed by atoms with Crippen LogP contribution in [0.2, 0.25) is 0 Å². The van der Waals surface area contributed by atoms with Gasteiger partial charge in [-0.1, -0.05) is 24.3 Å². The quantitative estimate of drug-likeness (QED) is 0.809. The smallest absolute Gasteiger partial charge is 0.312 e. The molecule has 1 atom stereocenters. The van der Waals surface area contributed by atoms with Crippen LogP contribution < -0.4 is 10.1 Å². The summed E-state index contributed by atoms with van der Waals surface area (Å²) in [5, 5.41) is 11.9. The van der Waals surface area contributed by atoms with Crippen molar-refractivity contribution in [2.24, 2.45) is 0 Å². The number of nitrogens with one attached hydrogen (secondary N) is 1. The van der Waals surface area contributed by atoms with Crippen LogP contribution in [0.3, 0.4) is 0 Å². The third kappa shape index (κ3) is 5.31. The molecule has 0 heterocycles. The van der Waals surface area contributed by atoms with Crippen molar-refractivity contribution in [1.82, 2.24) is 5.32 Å². The van der Waals surface area contributed by atoms with Crippen molar-refractivity contribution in [2.75, 3.05) is 13.2 Å². The Morgan fingerprint density at radius 3 is 2.48 bits per heavy atom. The lowest BCUT2D eigenvalue weighted by atomic mass is 9.99. The topological polar surface area (TPSA) is 75.6 Å². The van der Waals surface area contributed by atoms with Gasteiger partial charge in [0.15, 0.2) is 6.61 Å². The molecule has 0 radical (unpaired) electrons. The number of hydrogen-bond donors (Lipinski definition) is 2. The lowest BCUT2D eigenvalue weighted by Gasteiger charge is -2.15. The fourth-order valence-electron chi connectivity index (χ4n) is 2.32. The molecule has 0 saturated heterocycles. The first-order valence-electron chi connectivity index (χ1n) is 7.82. The standard InChI is InChI=1S/C19H20FNO4/c1-12-3-4-13(2)17(9-12)25-11-18(22)21-10-16(19(23)24)14-5-7-15(20)8-6-14/h3-9,16H,10-11H2,1-2H3,(H,21,22)(H,23,24). The number of carbonyl (C=O) groups is 2. The number of halogens is 1. The maximum atomic E-state index is 13.0. The molecule has 2 N–H and O–H groups in total. The van der Waals surface area contributed by atoms with Gasteiger partial charge < -0.3 is 15.2 Å². The second kappa shape index (κ2) is 8.28. The van der Waals surface area contributed by atoms with Crippen LogP contribution in [-0.4, -0.2) is 30.1 Å². The van der Waals surface area contributed by atoms with Gasteiger partial charge in [-0.05, 0) is 48.7 Å². The van der Waals surface area contributed by atoms with E-state index in [0.29, 0.717) is 11.3 Å². The predicted octanol–water partition coefficient (Wildman–Crippen LogP) is 2.81. The highest BCUT2D eigenvalue weighted by Gasteiger charge is 2.20. The van der Waals surface area contributed by atoms with Gasteiger partial charge in [0, 0.05) is 6.54 Å². The Bertz CT molecular complexity index is 759. The Kier molecular flexibility index (Phi) is 6.11. The number of carbonyl (C=O) groups excluding carboxylic acids is 1. The Hall–Kier alpha value is -2.89. The minimum atomic E-state index is -1.10. The number of rotatable bonds is 7. The van der Waals surface area contributed by atoms with Crippen LogP contribution in [0.25, 0.3) is 0 Å². The van der Waals surface area contributed by atoms with Gasteiger partial charge in [-0.2, -0.15) is 0 Å². The Morgan fingerprint density at radius 1 is 1.16 bits per heavy atom. The minimum absolute atomic E-state index is 0.101. The molecule has 0 aliphatic rings. The van der Waals surface area contributed by atoms with E-state index in [9.17, 15) is 19.1 Å². The molecule has 6 heteroatoms. The average Bonchev–Trinajstić information content (AvgIpc) is 2.57. The van der Waals surface area contributed by atoms with E-state index >= 15 is 0 Å². The first kappa shape index (κ1) is 18.4. The number of aryl methyl sites for hydroxylation is 2. The fraction of sp³-hybridized carbons (Fsp3) is 0.263. The maximum Gasteiger partial charge on any atom is 0.312 e. The van der Waals surface area contributed by atoms with Crippen LogP contribution in [0.15, 0.2) is 42.5 Å². The summed E-state index contributed by atoms with van der Waals surface area (Å²) in [6.07, 6.45) is 0. The van der Waals surface area contributed by atoms with Gasteiger partial charge in [0.2, 0.25) is 0 Å². The third-order valence-corrected chi connectivity index (χ3v) is 3.78. The van der Waals surface area contributed by atoms with E-state index in [1.165, 1.54) is 24.3 Å². The predicted molar refractivity (Wildman–Crippen MR) is 91.2 cm³/mol. The third-order valence-electron chi connectivity index (χ3n) is 3.78. The summed E-state index contributed by atoms with van der Waals surface area (Å²) in [7, 11) is 0. The van der Waals surface area contributed by atoms with Gasteiger partial charge >= 0.3 is 5.97 Å². The van der Waals surface area contributed by atoms with E-state index in [4.69, 9.17) is 4.74 Å². The highest BCUT2D eigenvalue weighted by atomic mass is 19.1. The van der Waals surface area contributed by atoms with Crippen molar-refractivity contribution < 1.29 is 23.8 Å². The molecule has 0 spiro atoms. The molecule has 0 bridgehead atoms. The summed E-state index contributed by atoms with van der Waals surface area (Å²) < 4.78 is 18.4. The number of aliphatic carboxylic acids is 1. The van der Waals surface area contributed by atoms with Gasteiger partial charge in [0.05, 0.1) is 5.92 Å². The van der Waals surface area contributed by atoms with E-state index in [-0.39, 0.29) is 13.2 Å². The molecule has 2 aromatic rings. The zero-order valence-electron chi connectivity index (χ0n) is 14.1. The van der Waals surface area contributed by atoms with Crippen molar-refractivity contribution in [3.63, 3.8) is 0 Å². The van der Waals surface area contributed by atoms with Crippen LogP contribution in [0, 0.1) is 19.7 Å². The van der Waals surface area contributed by atoms with Crippen molar-refractivity contribution in [3.05, 3.63) is 65.0 Å². The average molecular weight is 345 g/mol. The van der Waals surface area contributed by atoms with E-state index < -0.39 is 23.6 Å². The molecule has 0 saturated carbocycles. The molecular weight excluding hydrogens is 325 g/mol. The monoisotopic (exact) mass is 345 g/mol. The Morgan fingerprint density at radius 2 is 1.84 bits per heavy atom. The SMILES string of the molecule is Cc1ccc(C)c(OCC(=O)NCC(C(=O)O)c2ccc(F)cc2)c1. The van der Waals surface area contributed by atoms with Crippen LogP contribution in [0.4, 0.5) is 4.39 Å². The molecule has 0 aliphatic heterocycles. The molecule has 1 amide bonds. The first-order chi connectivity index (χ1) is 11.9. The van der Waals surface area contributed by atoms with Crippen molar-refractivity contribution in [1.29, 1.82) is 0 Å². The highest BCUT2D eigenvalue weighted by Crippen LogP contribution is 2.19. The van der Waals surface area contributed by atoms with Gasteiger partial charge in [-0.3, -0.25) is 9.59 Å². The van der Waals surface area contributed by atoms with Crippen molar-refractivity contribution >= 4 is 11.9 Å². The molecule has 5 nitrogen and oxygen atoms in total. The summed E-state index contributed by atoms with van der Waals surface area (Å²) in [6, 6.07) is 10.9. The molecule has 2 rings (SSSR count). The van der Waals surface area contributed by atoms with Crippen LogP contribution in [0.5, 0.6) is 5.75 Å². The lowest BCUT2D eigenvalue weighted by Crippen LogP contribution is -2.34. The summed E-state index contributed by atoms with van der Waals surface area (Å²) >= 11 is 0. The first-order valence-corrected chi connectivity index (χ1v) is 7.82. The summed E-state index contributed by atoms with van der Waals surface area (Å²) in [6.45, 7) is 3.49. The summed E-state index contributed by atoms with van der Waals surface area (Å²) in [5.41, 5.74) is 2.35. The number of carboxylic acids is 1. The number of hydrogen-bond acceptors (Lipinski definition) is 3. The van der Waals surface area contributed by atoms with E-state index in [0.717, 1.165) is 11.1 Å². The number of carboxylic acid groups (broad SMARTS) is 1. The summed E-state index contributed by atoms with van der Waals surface area (Å²) in [4.78, 5) is 23.3. The molecule has 0 fully saturated rings. The normalized spacial score (nSPS) is 11.6. The van der Waals surface area contributed by atoms with E-state index in [1.807, 2.05) is 32.0 Å². The zero-order valence-corrected chi connectivity index (χ0v) is 14.1. The maximum absolute atomic E-state index is 13.0. The molecule has 132 valence electrons. The molecular formula is C19H20FNO4. The van der Waals surface area contributed by atoms with Gasteiger partial charge in [0.1, 0.15) is 11.6 Å². The van der Waals surface area contributed by atoms with Crippen LogP contribution in [-0.2, 0) is 9.59 Å². The van der Waals surface area contributed by atoms with Gasteiger partial charge in [-0.25, -0.2) is 4.39 Å². The lowest BCUT2D eigenvalue weighted by molar-refractivity contribution is -0.138. The molecule has 1 unspecified atom stereocenters. The largest absolute Gasteiger partial charge is 0.483 e. The zero-order chi connectivity index (χ0) is 18.4. The van der Waals surface area contributed by atoms with Crippen molar-refractivity contribution in [2.45, 2.75) is 19.8 Å². The van der Waals surface area contributed by atoms with Gasteiger partial charge in [0.25, 0.3) is 5.91 Å². The van der Waals surface area contributed by atoms with Crippen LogP contribution in [0.1, 0.15) is 22.6 Å². The molecule has 2 aromatic carbocycles. The van der Waals surface area contributed by atoms with Gasteiger partial charge in [-0.15, -0.1) is 0 Å². The number of benzene rings is 2. The fourth-order valence-corrected chi connectivity index (χ4v) is 2.32. The Labute approximate surface area is 145 Å². The van der Waals surface area contributed by atoms with E-state index in [2.05, 4.69) is 5.32 Å². The molecule has 25 heavy (non-hydrogen) atoms. The second-order valence-corrected chi connectivity index (χ2v) is 5.80. The molecule has 0 aromatic heterocycles.